The van der Waals surface area contributed by atoms with Crippen molar-refractivity contribution in [3.8, 4) is 0 Å². The van der Waals surface area contributed by atoms with Crippen LogP contribution in [0, 0.1) is 18.6 Å². The van der Waals surface area contributed by atoms with Crippen LogP contribution in [0.25, 0.3) is 0 Å². The predicted octanol–water partition coefficient (Wildman–Crippen LogP) is 4.59. The maximum atomic E-state index is 13.6. The minimum absolute atomic E-state index is 0.120. The number of anilines is 3. The first-order chi connectivity index (χ1) is 12.5. The van der Waals surface area contributed by atoms with Crippen molar-refractivity contribution in [2.24, 2.45) is 0 Å². The summed E-state index contributed by atoms with van der Waals surface area (Å²) < 4.78 is 26.6. The number of benzene rings is 2. The van der Waals surface area contributed by atoms with Crippen molar-refractivity contribution in [1.29, 1.82) is 0 Å². The van der Waals surface area contributed by atoms with Gasteiger partial charge in [-0.3, -0.25) is 4.79 Å². The van der Waals surface area contributed by atoms with Crippen LogP contribution in [-0.4, -0.2) is 10.9 Å². The van der Waals surface area contributed by atoms with Crippen LogP contribution in [0.3, 0.4) is 0 Å². The normalized spacial score (nSPS) is 10.4. The van der Waals surface area contributed by atoms with Gasteiger partial charge in [-0.2, -0.15) is 0 Å². The summed E-state index contributed by atoms with van der Waals surface area (Å²) >= 11 is 0. The second-order valence-corrected chi connectivity index (χ2v) is 5.90. The summed E-state index contributed by atoms with van der Waals surface area (Å²) in [5.41, 5.74) is 2.68. The molecule has 3 rings (SSSR count). The average molecular weight is 353 g/mol. The standard InChI is InChI=1S/C20H17F2N3O/c1-13-3-2-4-14(9-13)10-20(26)24-16-6-8-19(23-12-16)25-18-7-5-15(21)11-17(18)22/h2-9,11-12H,10H2,1H3,(H,23,25)(H,24,26). The first-order valence-electron chi connectivity index (χ1n) is 8.03. The molecular formula is C20H17F2N3O. The van der Waals surface area contributed by atoms with E-state index in [2.05, 4.69) is 15.6 Å². The molecule has 0 unspecified atom stereocenters. The molecule has 0 fully saturated rings. The number of nitrogens with zero attached hydrogens (tertiary/aromatic N) is 1. The SMILES string of the molecule is Cc1cccc(CC(=O)Nc2ccc(Nc3ccc(F)cc3F)nc2)c1. The Morgan fingerprint density at radius 1 is 1.08 bits per heavy atom. The van der Waals surface area contributed by atoms with Crippen LogP contribution in [0.4, 0.5) is 26.0 Å². The van der Waals surface area contributed by atoms with Crippen molar-refractivity contribution in [2.45, 2.75) is 13.3 Å². The molecule has 0 aliphatic heterocycles. The monoisotopic (exact) mass is 353 g/mol. The summed E-state index contributed by atoms with van der Waals surface area (Å²) in [6, 6.07) is 14.3. The predicted molar refractivity (Wildman–Crippen MR) is 97.4 cm³/mol. The van der Waals surface area contributed by atoms with E-state index in [-0.39, 0.29) is 18.0 Å². The number of nitrogens with one attached hydrogen (secondary N) is 2. The Labute approximate surface area is 149 Å². The van der Waals surface area contributed by atoms with Crippen molar-refractivity contribution in [1.82, 2.24) is 4.98 Å². The van der Waals surface area contributed by atoms with E-state index >= 15 is 0 Å². The molecule has 26 heavy (non-hydrogen) atoms. The molecule has 0 saturated heterocycles. The highest BCUT2D eigenvalue weighted by atomic mass is 19.1. The fourth-order valence-corrected chi connectivity index (χ4v) is 2.48. The summed E-state index contributed by atoms with van der Waals surface area (Å²) in [6.07, 6.45) is 1.74. The van der Waals surface area contributed by atoms with E-state index in [9.17, 15) is 13.6 Å². The molecule has 0 atom stereocenters. The quantitative estimate of drug-likeness (QED) is 0.705. The zero-order valence-electron chi connectivity index (χ0n) is 14.1. The molecule has 1 amide bonds. The topological polar surface area (TPSA) is 54.0 Å². The molecule has 0 spiro atoms. The van der Waals surface area contributed by atoms with Crippen molar-refractivity contribution in [3.63, 3.8) is 0 Å². The zero-order valence-corrected chi connectivity index (χ0v) is 14.1. The molecular weight excluding hydrogens is 336 g/mol. The van der Waals surface area contributed by atoms with Crippen LogP contribution in [0.2, 0.25) is 0 Å². The number of amides is 1. The van der Waals surface area contributed by atoms with E-state index in [0.717, 1.165) is 23.3 Å². The number of aryl methyl sites for hydroxylation is 1. The van der Waals surface area contributed by atoms with E-state index in [1.807, 2.05) is 31.2 Å². The second kappa shape index (κ2) is 7.74. The van der Waals surface area contributed by atoms with Gasteiger partial charge in [0.05, 0.1) is 24.0 Å². The number of rotatable bonds is 5. The third-order valence-corrected chi connectivity index (χ3v) is 3.69. The Balaban J connectivity index is 1.61. The smallest absolute Gasteiger partial charge is 0.228 e. The fourth-order valence-electron chi connectivity index (χ4n) is 2.48. The third-order valence-electron chi connectivity index (χ3n) is 3.69. The molecule has 1 aromatic heterocycles. The Morgan fingerprint density at radius 3 is 2.62 bits per heavy atom. The fraction of sp³-hybridized carbons (Fsp3) is 0.100. The maximum Gasteiger partial charge on any atom is 0.228 e. The minimum atomic E-state index is -0.706. The number of carbonyl (C=O) groups excluding carboxylic acids is 1. The van der Waals surface area contributed by atoms with Gasteiger partial charge in [0.15, 0.2) is 0 Å². The minimum Gasteiger partial charge on any atom is -0.338 e. The summed E-state index contributed by atoms with van der Waals surface area (Å²) in [5, 5.41) is 5.53. The first kappa shape index (κ1) is 17.5. The van der Waals surface area contributed by atoms with E-state index in [1.165, 1.54) is 12.3 Å². The number of halogens is 2. The summed E-state index contributed by atoms with van der Waals surface area (Å²) in [6.45, 7) is 1.97. The van der Waals surface area contributed by atoms with E-state index in [1.54, 1.807) is 12.1 Å². The molecule has 6 heteroatoms. The number of hydrogen-bond donors (Lipinski definition) is 2. The van der Waals surface area contributed by atoms with Crippen molar-refractivity contribution in [2.75, 3.05) is 10.6 Å². The molecule has 1 heterocycles. The largest absolute Gasteiger partial charge is 0.338 e. The number of carbonyl (C=O) groups is 1. The Morgan fingerprint density at radius 2 is 1.92 bits per heavy atom. The number of hydrogen-bond acceptors (Lipinski definition) is 3. The van der Waals surface area contributed by atoms with Crippen LogP contribution < -0.4 is 10.6 Å². The van der Waals surface area contributed by atoms with Crippen molar-refractivity contribution >= 4 is 23.1 Å². The molecule has 132 valence electrons. The lowest BCUT2D eigenvalue weighted by Gasteiger charge is -2.09. The molecule has 0 aliphatic rings. The lowest BCUT2D eigenvalue weighted by molar-refractivity contribution is -0.115. The van der Waals surface area contributed by atoms with Gasteiger partial charge in [0.1, 0.15) is 17.5 Å². The van der Waals surface area contributed by atoms with Gasteiger partial charge in [0, 0.05) is 6.07 Å². The Bertz CT molecular complexity index is 927. The van der Waals surface area contributed by atoms with Gasteiger partial charge < -0.3 is 10.6 Å². The van der Waals surface area contributed by atoms with Gasteiger partial charge in [0.2, 0.25) is 5.91 Å². The van der Waals surface area contributed by atoms with Gasteiger partial charge in [-0.1, -0.05) is 29.8 Å². The number of pyridine rings is 1. The molecule has 0 aliphatic carbocycles. The van der Waals surface area contributed by atoms with Gasteiger partial charge in [0.25, 0.3) is 0 Å². The highest BCUT2D eigenvalue weighted by molar-refractivity contribution is 5.92. The van der Waals surface area contributed by atoms with Crippen LogP contribution in [0.15, 0.2) is 60.8 Å². The number of aromatic nitrogens is 1. The van der Waals surface area contributed by atoms with Crippen LogP contribution in [0.1, 0.15) is 11.1 Å². The van der Waals surface area contributed by atoms with E-state index in [0.29, 0.717) is 11.5 Å². The highest BCUT2D eigenvalue weighted by Gasteiger charge is 2.07. The average Bonchev–Trinajstić information content (AvgIpc) is 2.59. The summed E-state index contributed by atoms with van der Waals surface area (Å²) in [5.74, 6) is -1.12. The molecule has 2 aromatic carbocycles. The van der Waals surface area contributed by atoms with Gasteiger partial charge >= 0.3 is 0 Å². The third kappa shape index (κ3) is 4.63. The van der Waals surface area contributed by atoms with Crippen LogP contribution in [0.5, 0.6) is 0 Å². The van der Waals surface area contributed by atoms with Gasteiger partial charge in [-0.15, -0.1) is 0 Å². The molecule has 0 radical (unpaired) electrons. The van der Waals surface area contributed by atoms with Crippen molar-refractivity contribution < 1.29 is 13.6 Å². The molecule has 3 aromatic rings. The maximum absolute atomic E-state index is 13.6. The lowest BCUT2D eigenvalue weighted by atomic mass is 10.1. The van der Waals surface area contributed by atoms with Crippen LogP contribution in [-0.2, 0) is 11.2 Å². The lowest BCUT2D eigenvalue weighted by Crippen LogP contribution is -2.14. The Hall–Kier alpha value is -3.28. The van der Waals surface area contributed by atoms with Crippen LogP contribution >= 0.6 is 0 Å². The molecule has 4 nitrogen and oxygen atoms in total. The van der Waals surface area contributed by atoms with Crippen molar-refractivity contribution in [3.05, 3.63) is 83.6 Å². The summed E-state index contributed by atoms with van der Waals surface area (Å²) in [4.78, 5) is 16.2. The van der Waals surface area contributed by atoms with E-state index in [4.69, 9.17) is 0 Å². The Kier molecular flexibility index (Phi) is 5.22. The first-order valence-corrected chi connectivity index (χ1v) is 8.03. The highest BCUT2D eigenvalue weighted by Crippen LogP contribution is 2.20. The van der Waals surface area contributed by atoms with Gasteiger partial charge in [-0.05, 0) is 36.8 Å². The molecule has 2 N–H and O–H groups in total. The summed E-state index contributed by atoms with van der Waals surface area (Å²) in [7, 11) is 0. The van der Waals surface area contributed by atoms with Gasteiger partial charge in [-0.25, -0.2) is 13.8 Å². The zero-order chi connectivity index (χ0) is 18.5. The molecule has 0 saturated carbocycles. The van der Waals surface area contributed by atoms with E-state index < -0.39 is 11.6 Å². The molecule has 0 bridgehead atoms. The second-order valence-electron chi connectivity index (χ2n) is 5.90.